The second-order valence-electron chi connectivity index (χ2n) is 10.3. The first-order valence-electron chi connectivity index (χ1n) is 13.2. The van der Waals surface area contributed by atoms with Gasteiger partial charge in [0.2, 0.25) is 5.91 Å². The largest absolute Gasteiger partial charge is 0.494 e. The number of carbonyl (C=O) groups is 1. The lowest BCUT2D eigenvalue weighted by molar-refractivity contribution is -0.130. The third kappa shape index (κ3) is 7.86. The fourth-order valence-electron chi connectivity index (χ4n) is 5.10. The van der Waals surface area contributed by atoms with E-state index in [0.29, 0.717) is 36.8 Å². The van der Waals surface area contributed by atoms with Crippen molar-refractivity contribution >= 4 is 17.5 Å². The van der Waals surface area contributed by atoms with Crippen molar-refractivity contribution < 1.29 is 19.4 Å². The van der Waals surface area contributed by atoms with Crippen LogP contribution >= 0.6 is 11.6 Å². The highest BCUT2D eigenvalue weighted by Gasteiger charge is 2.34. The van der Waals surface area contributed by atoms with Crippen molar-refractivity contribution in [3.05, 3.63) is 58.6 Å². The van der Waals surface area contributed by atoms with Gasteiger partial charge in [-0.1, -0.05) is 36.2 Å². The highest BCUT2D eigenvalue weighted by Crippen LogP contribution is 2.29. The van der Waals surface area contributed by atoms with Crippen molar-refractivity contribution in [1.82, 2.24) is 9.80 Å². The molecule has 0 spiro atoms. The lowest BCUT2D eigenvalue weighted by Crippen LogP contribution is -2.51. The van der Waals surface area contributed by atoms with Crippen molar-refractivity contribution in [2.45, 2.75) is 64.0 Å². The Labute approximate surface area is 220 Å². The quantitative estimate of drug-likeness (QED) is 0.440. The van der Waals surface area contributed by atoms with Gasteiger partial charge < -0.3 is 19.5 Å². The number of aryl methyl sites for hydroxylation is 1. The number of piperidine rings is 1. The molecule has 2 aliphatic rings. The molecule has 7 heteroatoms. The molecule has 2 aromatic carbocycles. The third-order valence-corrected chi connectivity index (χ3v) is 7.35. The summed E-state index contributed by atoms with van der Waals surface area (Å²) in [7, 11) is 0. The fourth-order valence-corrected chi connectivity index (χ4v) is 5.28. The minimum atomic E-state index is -0.912. The summed E-state index contributed by atoms with van der Waals surface area (Å²) in [6.45, 7) is 6.67. The summed E-state index contributed by atoms with van der Waals surface area (Å²) in [5.41, 5.74) is 1.32. The van der Waals surface area contributed by atoms with Gasteiger partial charge in [0.1, 0.15) is 23.7 Å². The van der Waals surface area contributed by atoms with Crippen LogP contribution in [0.2, 0.25) is 5.02 Å². The normalized spacial score (nSPS) is 21.3. The predicted octanol–water partition coefficient (Wildman–Crippen LogP) is 5.23. The Balaban J connectivity index is 1.24. The maximum absolute atomic E-state index is 12.1. The van der Waals surface area contributed by atoms with Crippen LogP contribution in [0, 0.1) is 6.92 Å². The van der Waals surface area contributed by atoms with Crippen molar-refractivity contribution in [2.24, 2.45) is 0 Å². The Bertz CT molecular complexity index is 1020. The molecule has 2 aliphatic heterocycles. The maximum atomic E-state index is 12.1. The van der Waals surface area contributed by atoms with Crippen LogP contribution in [0.5, 0.6) is 11.5 Å². The van der Waals surface area contributed by atoms with E-state index in [9.17, 15) is 9.90 Å². The first-order chi connectivity index (χ1) is 17.4. The van der Waals surface area contributed by atoms with Crippen molar-refractivity contribution in [3.63, 3.8) is 0 Å². The number of β-amino-alcohol motifs (C(OH)–C–C–N with tert-alkyl or cyclic N) is 1. The highest BCUT2D eigenvalue weighted by atomic mass is 35.5. The molecular formula is C29H39ClN2O4. The van der Waals surface area contributed by atoms with Crippen molar-refractivity contribution in [1.29, 1.82) is 0 Å². The number of amides is 1. The second-order valence-corrected chi connectivity index (χ2v) is 10.7. The monoisotopic (exact) mass is 514 g/mol. The Hall–Kier alpha value is -2.28. The van der Waals surface area contributed by atoms with Gasteiger partial charge in [0, 0.05) is 32.6 Å². The smallest absolute Gasteiger partial charge is 0.222 e. The highest BCUT2D eigenvalue weighted by molar-refractivity contribution is 6.32. The summed E-state index contributed by atoms with van der Waals surface area (Å²) in [6.07, 6.45) is 6.39. The molecule has 6 nitrogen and oxygen atoms in total. The molecule has 36 heavy (non-hydrogen) atoms. The zero-order valence-corrected chi connectivity index (χ0v) is 22.1. The molecule has 1 atom stereocenters. The molecule has 0 aliphatic carbocycles. The van der Waals surface area contributed by atoms with Crippen molar-refractivity contribution in [2.75, 3.05) is 39.4 Å². The molecule has 1 N–H and O–H groups in total. The van der Waals surface area contributed by atoms with Crippen LogP contribution in [0.25, 0.3) is 0 Å². The maximum Gasteiger partial charge on any atom is 0.222 e. The van der Waals surface area contributed by atoms with Crippen LogP contribution in [0.3, 0.4) is 0 Å². The van der Waals surface area contributed by atoms with Crippen LogP contribution in [0.1, 0.15) is 56.1 Å². The summed E-state index contributed by atoms with van der Waals surface area (Å²) < 4.78 is 11.9. The molecular weight excluding hydrogens is 476 g/mol. The predicted molar refractivity (Wildman–Crippen MR) is 143 cm³/mol. The standard InChI is InChI=1S/C29H39ClN2O4/c1-23-11-12-26(30)27(18-23)36-22-29(34)13-6-14-31(21-29)20-24-8-5-9-25(19-24)35-17-7-16-32-15-4-2-3-10-28(32)33/h5,8-9,11-12,18-19,34H,2-4,6-7,10,13-17,20-22H2,1H3/t29-/m1/s1. The second kappa shape index (κ2) is 12.8. The molecule has 0 unspecified atom stereocenters. The van der Waals surface area contributed by atoms with Crippen LogP contribution in [0.15, 0.2) is 42.5 Å². The van der Waals surface area contributed by atoms with Gasteiger partial charge >= 0.3 is 0 Å². The van der Waals surface area contributed by atoms with Gasteiger partial charge in [-0.05, 0) is 81.0 Å². The molecule has 0 aromatic heterocycles. The average Bonchev–Trinajstić information content (AvgIpc) is 3.06. The first kappa shape index (κ1) is 26.8. The topological polar surface area (TPSA) is 62.2 Å². The first-order valence-corrected chi connectivity index (χ1v) is 13.6. The van der Waals surface area contributed by atoms with Crippen LogP contribution < -0.4 is 9.47 Å². The number of rotatable bonds is 10. The van der Waals surface area contributed by atoms with Gasteiger partial charge in [-0.2, -0.15) is 0 Å². The zero-order chi connectivity index (χ0) is 25.4. The van der Waals surface area contributed by atoms with Crippen molar-refractivity contribution in [3.8, 4) is 11.5 Å². The molecule has 4 rings (SSSR count). The lowest BCUT2D eigenvalue weighted by Gasteiger charge is -2.39. The number of likely N-dealkylation sites (tertiary alicyclic amines) is 2. The fraction of sp³-hybridized carbons (Fsp3) is 0.552. The Morgan fingerprint density at radius 2 is 1.94 bits per heavy atom. The molecule has 0 radical (unpaired) electrons. The van der Waals surface area contributed by atoms with Crippen LogP contribution in [0.4, 0.5) is 0 Å². The summed E-state index contributed by atoms with van der Waals surface area (Å²) >= 11 is 6.26. The van der Waals surface area contributed by atoms with Gasteiger partial charge in [0.15, 0.2) is 0 Å². The number of hydrogen-bond donors (Lipinski definition) is 1. The number of ether oxygens (including phenoxy) is 2. The molecule has 2 aromatic rings. The van der Waals surface area contributed by atoms with E-state index in [1.165, 1.54) is 0 Å². The number of benzene rings is 2. The van der Waals surface area contributed by atoms with E-state index < -0.39 is 5.60 Å². The molecule has 2 fully saturated rings. The van der Waals surface area contributed by atoms with Gasteiger partial charge in [-0.3, -0.25) is 9.69 Å². The van der Waals surface area contributed by atoms with E-state index >= 15 is 0 Å². The summed E-state index contributed by atoms with van der Waals surface area (Å²) in [5.74, 6) is 1.75. The van der Waals surface area contributed by atoms with Gasteiger partial charge in [-0.25, -0.2) is 0 Å². The summed E-state index contributed by atoms with van der Waals surface area (Å²) in [6, 6.07) is 13.8. The van der Waals surface area contributed by atoms with E-state index in [1.807, 2.05) is 42.2 Å². The molecule has 0 saturated carbocycles. The van der Waals surface area contributed by atoms with E-state index in [2.05, 4.69) is 17.0 Å². The Morgan fingerprint density at radius 3 is 2.83 bits per heavy atom. The van der Waals surface area contributed by atoms with E-state index in [0.717, 1.165) is 75.2 Å². The molecule has 196 valence electrons. The average molecular weight is 515 g/mol. The number of hydrogen-bond acceptors (Lipinski definition) is 5. The SMILES string of the molecule is Cc1ccc(Cl)c(OC[C@@]2(O)CCCN(Cc3cccc(OCCCN4CCCCCC4=O)c3)C2)c1. The third-order valence-electron chi connectivity index (χ3n) is 7.03. The van der Waals surface area contributed by atoms with Gasteiger partial charge in [-0.15, -0.1) is 0 Å². The van der Waals surface area contributed by atoms with Crippen LogP contribution in [-0.4, -0.2) is 65.8 Å². The molecule has 2 heterocycles. The van der Waals surface area contributed by atoms with Gasteiger partial charge in [0.05, 0.1) is 11.6 Å². The minimum absolute atomic E-state index is 0.218. The Morgan fingerprint density at radius 1 is 1.06 bits per heavy atom. The molecule has 2 saturated heterocycles. The molecule has 0 bridgehead atoms. The number of nitrogens with zero attached hydrogens (tertiary/aromatic N) is 2. The summed E-state index contributed by atoms with van der Waals surface area (Å²) in [5, 5.41) is 11.8. The number of halogens is 1. The lowest BCUT2D eigenvalue weighted by atomic mass is 9.93. The zero-order valence-electron chi connectivity index (χ0n) is 21.4. The Kier molecular flexibility index (Phi) is 9.52. The van der Waals surface area contributed by atoms with E-state index in [4.69, 9.17) is 21.1 Å². The van der Waals surface area contributed by atoms with Crippen LogP contribution in [-0.2, 0) is 11.3 Å². The summed E-state index contributed by atoms with van der Waals surface area (Å²) in [4.78, 5) is 16.4. The van der Waals surface area contributed by atoms with E-state index in [1.54, 1.807) is 0 Å². The number of carbonyl (C=O) groups excluding carboxylic acids is 1. The minimum Gasteiger partial charge on any atom is -0.494 e. The van der Waals surface area contributed by atoms with Gasteiger partial charge in [0.25, 0.3) is 0 Å². The number of aliphatic hydroxyl groups is 1. The van der Waals surface area contributed by atoms with E-state index in [-0.39, 0.29) is 12.5 Å². The molecule has 1 amide bonds.